The fourth-order valence-corrected chi connectivity index (χ4v) is 5.92. The number of benzene rings is 3. The van der Waals surface area contributed by atoms with Crippen LogP contribution in [-0.2, 0) is 17.9 Å². The van der Waals surface area contributed by atoms with E-state index in [1.54, 1.807) is 11.8 Å². The van der Waals surface area contributed by atoms with Crippen molar-refractivity contribution in [3.05, 3.63) is 106 Å². The van der Waals surface area contributed by atoms with Crippen molar-refractivity contribution in [1.29, 1.82) is 0 Å². The molecule has 3 aromatic rings. The molecule has 154 valence electrons. The number of hydrogen-bond donors (Lipinski definition) is 0. The van der Waals surface area contributed by atoms with Gasteiger partial charge < -0.3 is 4.90 Å². The average molecular weight is 444 g/mol. The van der Waals surface area contributed by atoms with Crippen molar-refractivity contribution >= 4 is 40.3 Å². The van der Waals surface area contributed by atoms with Crippen molar-refractivity contribution in [2.45, 2.75) is 18.0 Å². The summed E-state index contributed by atoms with van der Waals surface area (Å²) >= 11 is 3.13. The van der Waals surface area contributed by atoms with E-state index in [0.29, 0.717) is 13.1 Å². The highest BCUT2D eigenvalue weighted by Crippen LogP contribution is 2.49. The normalized spacial score (nSPS) is 19.4. The van der Waals surface area contributed by atoms with E-state index in [2.05, 4.69) is 29.2 Å². The third-order valence-electron chi connectivity index (χ3n) is 5.22. The molecule has 4 nitrogen and oxygen atoms in total. The SMILES string of the molecule is CN1C(=C2SC(=NCc3ccccc3)N(Cc3ccccc3)C2=O)Sc2ccccc21. The zero-order valence-corrected chi connectivity index (χ0v) is 18.7. The number of aliphatic imine (C=N–C) groups is 1. The Bertz CT molecular complexity index is 1180. The lowest BCUT2D eigenvalue weighted by Crippen LogP contribution is -2.29. The number of carbonyl (C=O) groups is 1. The van der Waals surface area contributed by atoms with Crippen molar-refractivity contribution < 1.29 is 4.79 Å². The summed E-state index contributed by atoms with van der Waals surface area (Å²) in [6.07, 6.45) is 0. The molecular formula is C25H21N3OS2. The summed E-state index contributed by atoms with van der Waals surface area (Å²) in [6, 6.07) is 28.5. The van der Waals surface area contributed by atoms with Gasteiger partial charge in [-0.3, -0.25) is 14.7 Å². The molecule has 3 aromatic carbocycles. The van der Waals surface area contributed by atoms with Crippen LogP contribution in [0.25, 0.3) is 0 Å². The highest BCUT2D eigenvalue weighted by Gasteiger charge is 2.38. The number of fused-ring (bicyclic) bond motifs is 1. The summed E-state index contributed by atoms with van der Waals surface area (Å²) in [7, 11) is 2.02. The van der Waals surface area contributed by atoms with Crippen LogP contribution in [0.1, 0.15) is 11.1 Å². The first-order valence-electron chi connectivity index (χ1n) is 10.1. The molecule has 2 heterocycles. The number of anilines is 1. The van der Waals surface area contributed by atoms with E-state index in [9.17, 15) is 4.79 Å². The second-order valence-electron chi connectivity index (χ2n) is 7.33. The molecule has 5 rings (SSSR count). The molecule has 0 unspecified atom stereocenters. The molecule has 2 aliphatic rings. The summed E-state index contributed by atoms with van der Waals surface area (Å²) < 4.78 is 0. The second-order valence-corrected chi connectivity index (χ2v) is 9.33. The Balaban J connectivity index is 1.49. The lowest BCUT2D eigenvalue weighted by molar-refractivity contribution is -0.122. The number of carbonyl (C=O) groups excluding carboxylic acids is 1. The molecular weight excluding hydrogens is 422 g/mol. The van der Waals surface area contributed by atoms with E-state index < -0.39 is 0 Å². The molecule has 0 bridgehead atoms. The van der Waals surface area contributed by atoms with Gasteiger partial charge in [-0.2, -0.15) is 0 Å². The van der Waals surface area contributed by atoms with Crippen LogP contribution >= 0.6 is 23.5 Å². The Morgan fingerprint density at radius 2 is 1.45 bits per heavy atom. The van der Waals surface area contributed by atoms with Gasteiger partial charge in [0, 0.05) is 11.9 Å². The van der Waals surface area contributed by atoms with Crippen LogP contribution in [-0.4, -0.2) is 23.0 Å². The smallest absolute Gasteiger partial charge is 0.269 e. The third-order valence-corrected chi connectivity index (χ3v) is 7.69. The molecule has 31 heavy (non-hydrogen) atoms. The maximum atomic E-state index is 13.5. The third kappa shape index (κ3) is 4.01. The average Bonchev–Trinajstić information content (AvgIpc) is 3.31. The number of hydrogen-bond acceptors (Lipinski definition) is 5. The van der Waals surface area contributed by atoms with Crippen LogP contribution in [0.2, 0.25) is 0 Å². The minimum atomic E-state index is 0.0165. The number of nitrogens with zero attached hydrogens (tertiary/aromatic N) is 3. The zero-order chi connectivity index (χ0) is 21.2. The van der Waals surface area contributed by atoms with E-state index >= 15 is 0 Å². The Kier molecular flexibility index (Phi) is 5.57. The fraction of sp³-hybridized carbons (Fsp3) is 0.120. The van der Waals surface area contributed by atoms with Crippen LogP contribution in [0.4, 0.5) is 5.69 Å². The quantitative estimate of drug-likeness (QED) is 0.483. The van der Waals surface area contributed by atoms with Gasteiger partial charge >= 0.3 is 0 Å². The van der Waals surface area contributed by atoms with Crippen molar-refractivity contribution in [3.8, 4) is 0 Å². The Hall–Kier alpha value is -2.96. The molecule has 6 heteroatoms. The van der Waals surface area contributed by atoms with Crippen LogP contribution in [0.5, 0.6) is 0 Å². The minimum absolute atomic E-state index is 0.0165. The number of amidine groups is 1. The molecule has 0 atom stereocenters. The summed E-state index contributed by atoms with van der Waals surface area (Å²) in [4.78, 5) is 24.2. The van der Waals surface area contributed by atoms with Gasteiger partial charge in [0.05, 0.1) is 23.8 Å². The maximum absolute atomic E-state index is 13.5. The number of amides is 1. The van der Waals surface area contributed by atoms with Gasteiger partial charge in [-0.15, -0.1) is 0 Å². The number of thioether (sulfide) groups is 2. The summed E-state index contributed by atoms with van der Waals surface area (Å²) in [6.45, 7) is 1.06. The van der Waals surface area contributed by atoms with E-state index in [0.717, 1.165) is 31.9 Å². The molecule has 2 aliphatic heterocycles. The molecule has 0 aliphatic carbocycles. The lowest BCUT2D eigenvalue weighted by Gasteiger charge is -2.17. The van der Waals surface area contributed by atoms with Crippen LogP contribution in [0, 0.1) is 0 Å². The predicted molar refractivity (Wildman–Crippen MR) is 130 cm³/mol. The van der Waals surface area contributed by atoms with E-state index in [-0.39, 0.29) is 5.91 Å². The number of rotatable bonds is 4. The van der Waals surface area contributed by atoms with E-state index in [1.807, 2.05) is 72.6 Å². The van der Waals surface area contributed by atoms with Gasteiger partial charge in [0.15, 0.2) is 5.17 Å². The van der Waals surface area contributed by atoms with Crippen molar-refractivity contribution in [1.82, 2.24) is 4.90 Å². The molecule has 0 radical (unpaired) electrons. The zero-order valence-electron chi connectivity index (χ0n) is 17.1. The van der Waals surface area contributed by atoms with Gasteiger partial charge in [-0.1, -0.05) is 84.6 Å². The molecule has 0 N–H and O–H groups in total. The highest BCUT2D eigenvalue weighted by molar-refractivity contribution is 8.19. The van der Waals surface area contributed by atoms with Gasteiger partial charge in [0.2, 0.25) is 0 Å². The lowest BCUT2D eigenvalue weighted by atomic mass is 10.2. The molecule has 1 fully saturated rings. The van der Waals surface area contributed by atoms with Gasteiger partial charge in [-0.05, 0) is 35.0 Å². The van der Waals surface area contributed by atoms with Gasteiger partial charge in [0.1, 0.15) is 4.91 Å². The summed E-state index contributed by atoms with van der Waals surface area (Å²) in [5.41, 5.74) is 3.35. The van der Waals surface area contributed by atoms with Crippen molar-refractivity contribution in [2.24, 2.45) is 4.99 Å². The van der Waals surface area contributed by atoms with E-state index in [1.165, 1.54) is 16.7 Å². The molecule has 0 saturated carbocycles. The minimum Gasteiger partial charge on any atom is -0.337 e. The van der Waals surface area contributed by atoms with Crippen LogP contribution in [0.15, 0.2) is 105 Å². The Labute approximate surface area is 190 Å². The monoisotopic (exact) mass is 443 g/mol. The van der Waals surface area contributed by atoms with Crippen molar-refractivity contribution in [3.63, 3.8) is 0 Å². The Morgan fingerprint density at radius 3 is 2.16 bits per heavy atom. The van der Waals surface area contributed by atoms with Crippen LogP contribution < -0.4 is 4.90 Å². The molecule has 1 saturated heterocycles. The molecule has 0 aromatic heterocycles. The Morgan fingerprint density at radius 1 is 0.806 bits per heavy atom. The second kappa shape index (κ2) is 8.65. The first kappa shape index (κ1) is 20.0. The van der Waals surface area contributed by atoms with Gasteiger partial charge in [0.25, 0.3) is 5.91 Å². The molecule has 1 amide bonds. The summed E-state index contributed by atoms with van der Waals surface area (Å²) in [5, 5.41) is 1.73. The summed E-state index contributed by atoms with van der Waals surface area (Å²) in [5.74, 6) is 0.0165. The molecule has 0 spiro atoms. The van der Waals surface area contributed by atoms with Gasteiger partial charge in [-0.25, -0.2) is 0 Å². The van der Waals surface area contributed by atoms with E-state index in [4.69, 9.17) is 4.99 Å². The van der Waals surface area contributed by atoms with Crippen molar-refractivity contribution in [2.75, 3.05) is 11.9 Å². The topological polar surface area (TPSA) is 35.9 Å². The fourth-order valence-electron chi connectivity index (χ4n) is 3.60. The van der Waals surface area contributed by atoms with Crippen LogP contribution in [0.3, 0.4) is 0 Å². The first-order valence-corrected chi connectivity index (χ1v) is 11.7. The highest BCUT2D eigenvalue weighted by atomic mass is 32.2. The number of para-hydroxylation sites is 1. The maximum Gasteiger partial charge on any atom is 0.269 e. The largest absolute Gasteiger partial charge is 0.337 e. The first-order chi connectivity index (χ1) is 15.2. The predicted octanol–water partition coefficient (Wildman–Crippen LogP) is 5.73. The standard InChI is InChI=1S/C25H21N3OS2/c1-27-20-14-8-9-15-21(20)30-24(27)22-23(29)28(17-19-12-6-3-7-13-19)25(31-22)26-16-18-10-4-2-5-11-18/h2-15H,16-17H2,1H3.